The van der Waals surface area contributed by atoms with Gasteiger partial charge in [-0.05, 0) is 53.1 Å². The first-order chi connectivity index (χ1) is 8.20. The van der Waals surface area contributed by atoms with Gasteiger partial charge in [0.2, 0.25) is 0 Å². The Labute approximate surface area is 113 Å². The largest absolute Gasteiger partial charge is 0.495 e. The summed E-state index contributed by atoms with van der Waals surface area (Å²) >= 11 is 2.28. The van der Waals surface area contributed by atoms with Gasteiger partial charge in [-0.2, -0.15) is 0 Å². The number of carbonyl (C=O) groups is 1. The number of hydrogen-bond donors (Lipinski definition) is 1. The molecule has 1 aliphatic rings. The van der Waals surface area contributed by atoms with Crippen LogP contribution in [0.15, 0.2) is 12.1 Å². The molecule has 2 aromatic rings. The van der Waals surface area contributed by atoms with E-state index in [9.17, 15) is 4.79 Å². The van der Waals surface area contributed by atoms with Gasteiger partial charge in [-0.3, -0.25) is 4.79 Å². The summed E-state index contributed by atoms with van der Waals surface area (Å²) in [6.45, 7) is 0. The Hall–Kier alpha value is -1.04. The summed E-state index contributed by atoms with van der Waals surface area (Å²) in [5.41, 5.74) is 2.90. The minimum absolute atomic E-state index is 0.222. The summed E-state index contributed by atoms with van der Waals surface area (Å²) in [7, 11) is 1.66. The summed E-state index contributed by atoms with van der Waals surface area (Å²) in [5.74, 6) is 1.04. The van der Waals surface area contributed by atoms with Crippen molar-refractivity contribution in [2.75, 3.05) is 7.11 Å². The molecule has 0 aliphatic heterocycles. The van der Waals surface area contributed by atoms with Crippen molar-refractivity contribution in [3.05, 3.63) is 27.0 Å². The predicted molar refractivity (Wildman–Crippen MR) is 74.8 cm³/mol. The van der Waals surface area contributed by atoms with Crippen molar-refractivity contribution in [1.82, 2.24) is 4.98 Å². The molecule has 1 N–H and O–H groups in total. The van der Waals surface area contributed by atoms with Gasteiger partial charge in [-0.25, -0.2) is 0 Å². The number of aromatic amines is 1. The van der Waals surface area contributed by atoms with Crippen LogP contribution in [0.3, 0.4) is 0 Å². The van der Waals surface area contributed by atoms with Gasteiger partial charge in [-0.1, -0.05) is 0 Å². The fourth-order valence-electron chi connectivity index (χ4n) is 2.49. The maximum Gasteiger partial charge on any atom is 0.179 e. The number of Topliss-reactive ketones (excluding diaryl/α,β-unsaturated/α-hetero) is 1. The van der Waals surface area contributed by atoms with Gasteiger partial charge in [0.05, 0.1) is 18.3 Å². The monoisotopic (exact) mass is 341 g/mol. The van der Waals surface area contributed by atoms with E-state index in [2.05, 4.69) is 33.6 Å². The molecule has 0 saturated carbocycles. The summed E-state index contributed by atoms with van der Waals surface area (Å²) in [6, 6.07) is 4.10. The topological polar surface area (TPSA) is 42.1 Å². The summed E-state index contributed by atoms with van der Waals surface area (Å²) in [4.78, 5) is 15.1. The molecule has 4 heteroatoms. The Bertz CT molecular complexity index is 615. The Balaban J connectivity index is 2.37. The molecule has 1 heterocycles. The number of benzene rings is 1. The Morgan fingerprint density at radius 1 is 1.35 bits per heavy atom. The van der Waals surface area contributed by atoms with Gasteiger partial charge in [0, 0.05) is 15.4 Å². The number of fused-ring (bicyclic) bond motifs is 3. The summed E-state index contributed by atoms with van der Waals surface area (Å²) in [6.07, 6.45) is 2.58. The van der Waals surface area contributed by atoms with Crippen LogP contribution >= 0.6 is 22.6 Å². The second-order valence-corrected chi connectivity index (χ2v) is 5.53. The maximum atomic E-state index is 11.9. The van der Waals surface area contributed by atoms with E-state index in [4.69, 9.17) is 4.74 Å². The zero-order valence-corrected chi connectivity index (χ0v) is 11.6. The van der Waals surface area contributed by atoms with E-state index in [0.717, 1.165) is 44.3 Å². The van der Waals surface area contributed by atoms with Gasteiger partial charge in [-0.15, -0.1) is 0 Å². The molecule has 17 heavy (non-hydrogen) atoms. The highest BCUT2D eigenvalue weighted by Crippen LogP contribution is 2.35. The highest BCUT2D eigenvalue weighted by atomic mass is 127. The van der Waals surface area contributed by atoms with E-state index < -0.39 is 0 Å². The van der Waals surface area contributed by atoms with Crippen molar-refractivity contribution in [3.63, 3.8) is 0 Å². The lowest BCUT2D eigenvalue weighted by Gasteiger charge is -2.09. The Morgan fingerprint density at radius 3 is 2.94 bits per heavy atom. The average Bonchev–Trinajstić information content (AvgIpc) is 2.68. The SMILES string of the molecule is COc1cc(I)cc2c3c([nH]c12)C(=O)CCC3. The second kappa shape index (κ2) is 4.01. The van der Waals surface area contributed by atoms with E-state index in [0.29, 0.717) is 6.42 Å². The van der Waals surface area contributed by atoms with Gasteiger partial charge >= 0.3 is 0 Å². The molecule has 88 valence electrons. The van der Waals surface area contributed by atoms with Crippen molar-refractivity contribution in [3.8, 4) is 5.75 Å². The third-order valence-electron chi connectivity index (χ3n) is 3.27. The normalized spacial score (nSPS) is 15.1. The maximum absolute atomic E-state index is 11.9. The molecule has 3 nitrogen and oxygen atoms in total. The van der Waals surface area contributed by atoms with Gasteiger partial charge < -0.3 is 9.72 Å². The third-order valence-corrected chi connectivity index (χ3v) is 3.90. The first-order valence-corrected chi connectivity index (χ1v) is 6.70. The van der Waals surface area contributed by atoms with Crippen LogP contribution < -0.4 is 4.74 Å². The quantitative estimate of drug-likeness (QED) is 0.809. The Morgan fingerprint density at radius 2 is 2.18 bits per heavy atom. The predicted octanol–water partition coefficient (Wildman–Crippen LogP) is 3.30. The van der Waals surface area contributed by atoms with Gasteiger partial charge in [0.25, 0.3) is 0 Å². The van der Waals surface area contributed by atoms with Crippen LogP contribution in [-0.2, 0) is 6.42 Å². The number of methoxy groups -OCH3 is 1. The molecule has 3 rings (SSSR count). The minimum atomic E-state index is 0.222. The van der Waals surface area contributed by atoms with Crippen molar-refractivity contribution < 1.29 is 9.53 Å². The van der Waals surface area contributed by atoms with Crippen LogP contribution in [0.5, 0.6) is 5.75 Å². The van der Waals surface area contributed by atoms with Gasteiger partial charge in [0.15, 0.2) is 5.78 Å². The fraction of sp³-hybridized carbons (Fsp3) is 0.308. The molecule has 0 atom stereocenters. The second-order valence-electron chi connectivity index (χ2n) is 4.29. The number of hydrogen-bond acceptors (Lipinski definition) is 2. The molecule has 0 spiro atoms. The number of ether oxygens (including phenoxy) is 1. The van der Waals surface area contributed by atoms with Crippen LogP contribution in [0.4, 0.5) is 0 Å². The highest BCUT2D eigenvalue weighted by molar-refractivity contribution is 14.1. The molecule has 1 aromatic heterocycles. The number of carbonyl (C=O) groups excluding carboxylic acids is 1. The lowest BCUT2D eigenvalue weighted by Crippen LogP contribution is -2.09. The molecule has 0 fully saturated rings. The number of halogens is 1. The third kappa shape index (κ3) is 1.66. The molecule has 1 aromatic carbocycles. The lowest BCUT2D eigenvalue weighted by molar-refractivity contribution is 0.0968. The van der Waals surface area contributed by atoms with Crippen LogP contribution in [0.2, 0.25) is 0 Å². The van der Waals surface area contributed by atoms with Gasteiger partial charge in [0.1, 0.15) is 5.75 Å². The minimum Gasteiger partial charge on any atom is -0.495 e. The molecule has 1 aliphatic carbocycles. The number of ketones is 1. The fourth-order valence-corrected chi connectivity index (χ4v) is 3.09. The van der Waals surface area contributed by atoms with Crippen molar-refractivity contribution in [2.45, 2.75) is 19.3 Å². The van der Waals surface area contributed by atoms with Crippen molar-refractivity contribution in [1.29, 1.82) is 0 Å². The van der Waals surface area contributed by atoms with Crippen molar-refractivity contribution in [2.24, 2.45) is 0 Å². The average molecular weight is 341 g/mol. The smallest absolute Gasteiger partial charge is 0.179 e. The summed E-state index contributed by atoms with van der Waals surface area (Å²) < 4.78 is 6.51. The molecule has 0 radical (unpaired) electrons. The molecule has 0 unspecified atom stereocenters. The molecule has 0 bridgehead atoms. The van der Waals surface area contributed by atoms with E-state index in [-0.39, 0.29) is 5.78 Å². The number of rotatable bonds is 1. The van der Waals surface area contributed by atoms with Crippen LogP contribution in [0, 0.1) is 3.57 Å². The van der Waals surface area contributed by atoms with Crippen LogP contribution in [-0.4, -0.2) is 17.9 Å². The van der Waals surface area contributed by atoms with E-state index in [1.54, 1.807) is 7.11 Å². The number of H-pyrrole nitrogens is 1. The Kier molecular flexibility index (Phi) is 2.61. The van der Waals surface area contributed by atoms with E-state index in [1.165, 1.54) is 0 Å². The van der Waals surface area contributed by atoms with Crippen LogP contribution in [0.25, 0.3) is 10.9 Å². The number of aryl methyl sites for hydroxylation is 1. The molecule has 0 saturated heterocycles. The first kappa shape index (κ1) is 11.1. The van der Waals surface area contributed by atoms with E-state index >= 15 is 0 Å². The molecular formula is C13H12INO2. The summed E-state index contributed by atoms with van der Waals surface area (Å²) in [5, 5.41) is 1.14. The first-order valence-electron chi connectivity index (χ1n) is 5.62. The zero-order valence-electron chi connectivity index (χ0n) is 9.47. The van der Waals surface area contributed by atoms with Crippen molar-refractivity contribution >= 4 is 39.3 Å². The van der Waals surface area contributed by atoms with E-state index in [1.807, 2.05) is 6.07 Å². The number of nitrogens with one attached hydrogen (secondary N) is 1. The molecular weight excluding hydrogens is 329 g/mol. The highest BCUT2D eigenvalue weighted by Gasteiger charge is 2.23. The standard InChI is InChI=1S/C13H12INO2/c1-17-11-6-7(14)5-9-8-3-2-4-10(16)12(8)15-13(9)11/h5-6,15H,2-4H2,1H3. The molecule has 0 amide bonds. The van der Waals surface area contributed by atoms with Crippen LogP contribution in [0.1, 0.15) is 28.9 Å². The lowest BCUT2D eigenvalue weighted by atomic mass is 9.95. The number of aromatic nitrogens is 1. The zero-order chi connectivity index (χ0) is 12.0.